The van der Waals surface area contributed by atoms with Crippen molar-refractivity contribution < 1.29 is 14.4 Å². The SMILES string of the molecule is CCCCc1ccc(N2CC(C(=O)Nc3ccccc3SCC(N)=O)CC2=O)cc1. The topological polar surface area (TPSA) is 92.5 Å². The smallest absolute Gasteiger partial charge is 0.229 e. The molecule has 7 heteroatoms. The highest BCUT2D eigenvalue weighted by Crippen LogP contribution is 2.30. The Balaban J connectivity index is 1.63. The minimum atomic E-state index is -0.425. The molecule has 1 unspecified atom stereocenters. The van der Waals surface area contributed by atoms with E-state index in [0.29, 0.717) is 12.2 Å². The third kappa shape index (κ3) is 5.63. The molecular formula is C23H27N3O3S. The average molecular weight is 426 g/mol. The van der Waals surface area contributed by atoms with Crippen molar-refractivity contribution in [2.75, 3.05) is 22.5 Å². The highest BCUT2D eigenvalue weighted by Gasteiger charge is 2.35. The van der Waals surface area contributed by atoms with Gasteiger partial charge in [0.1, 0.15) is 0 Å². The van der Waals surface area contributed by atoms with E-state index in [1.54, 1.807) is 11.0 Å². The van der Waals surface area contributed by atoms with E-state index in [4.69, 9.17) is 5.73 Å². The largest absolute Gasteiger partial charge is 0.369 e. The maximum atomic E-state index is 12.8. The minimum absolute atomic E-state index is 0.0483. The van der Waals surface area contributed by atoms with Gasteiger partial charge in [0.05, 0.1) is 17.4 Å². The second kappa shape index (κ2) is 10.3. The van der Waals surface area contributed by atoms with Crippen molar-refractivity contribution in [3.63, 3.8) is 0 Å². The van der Waals surface area contributed by atoms with Crippen LogP contribution >= 0.6 is 11.8 Å². The highest BCUT2D eigenvalue weighted by molar-refractivity contribution is 8.00. The molecule has 3 rings (SSSR count). The van der Waals surface area contributed by atoms with E-state index in [1.165, 1.54) is 17.3 Å². The summed E-state index contributed by atoms with van der Waals surface area (Å²) in [6, 6.07) is 15.3. The molecular weight excluding hydrogens is 398 g/mol. The van der Waals surface area contributed by atoms with E-state index < -0.39 is 11.8 Å². The summed E-state index contributed by atoms with van der Waals surface area (Å²) in [6.07, 6.45) is 3.50. The molecule has 30 heavy (non-hydrogen) atoms. The molecule has 2 aromatic carbocycles. The summed E-state index contributed by atoms with van der Waals surface area (Å²) >= 11 is 1.28. The first-order chi connectivity index (χ1) is 14.5. The van der Waals surface area contributed by atoms with Crippen molar-refractivity contribution in [2.45, 2.75) is 37.5 Å². The quantitative estimate of drug-likeness (QED) is 0.601. The maximum absolute atomic E-state index is 12.8. The molecule has 1 fully saturated rings. The summed E-state index contributed by atoms with van der Waals surface area (Å²) in [5.41, 5.74) is 7.93. The molecule has 158 valence electrons. The molecule has 0 bridgehead atoms. The van der Waals surface area contributed by atoms with Crippen molar-refractivity contribution in [2.24, 2.45) is 11.7 Å². The van der Waals surface area contributed by atoms with E-state index in [-0.39, 0.29) is 24.0 Å². The Morgan fingerprint density at radius 2 is 1.90 bits per heavy atom. The number of nitrogens with zero attached hydrogens (tertiary/aromatic N) is 1. The molecule has 3 amide bonds. The number of unbranched alkanes of at least 4 members (excludes halogenated alkanes) is 1. The van der Waals surface area contributed by atoms with Crippen molar-refractivity contribution in [3.05, 3.63) is 54.1 Å². The second-order valence-electron chi connectivity index (χ2n) is 7.42. The van der Waals surface area contributed by atoms with Gasteiger partial charge in [0.15, 0.2) is 0 Å². The first-order valence-corrected chi connectivity index (χ1v) is 11.2. The Hall–Kier alpha value is -2.80. The van der Waals surface area contributed by atoms with E-state index in [9.17, 15) is 14.4 Å². The predicted octanol–water partition coefficient (Wildman–Crippen LogP) is 3.60. The van der Waals surface area contributed by atoms with Gasteiger partial charge in [-0.2, -0.15) is 0 Å². The van der Waals surface area contributed by atoms with Crippen LogP contribution in [0.25, 0.3) is 0 Å². The van der Waals surface area contributed by atoms with E-state index in [2.05, 4.69) is 24.4 Å². The maximum Gasteiger partial charge on any atom is 0.229 e. The average Bonchev–Trinajstić information content (AvgIpc) is 3.13. The number of rotatable bonds is 9. The number of amides is 3. The van der Waals surface area contributed by atoms with Crippen molar-refractivity contribution in [3.8, 4) is 0 Å². The Bertz CT molecular complexity index is 914. The molecule has 0 radical (unpaired) electrons. The van der Waals surface area contributed by atoms with Crippen LogP contribution in [0.4, 0.5) is 11.4 Å². The van der Waals surface area contributed by atoms with Gasteiger partial charge in [-0.15, -0.1) is 11.8 Å². The lowest BCUT2D eigenvalue weighted by Crippen LogP contribution is -2.28. The molecule has 1 heterocycles. The molecule has 0 aromatic heterocycles. The van der Waals surface area contributed by atoms with Gasteiger partial charge in [0.2, 0.25) is 17.7 Å². The van der Waals surface area contributed by atoms with Crippen LogP contribution < -0.4 is 16.0 Å². The van der Waals surface area contributed by atoms with Crippen LogP contribution in [0.3, 0.4) is 0 Å². The summed E-state index contributed by atoms with van der Waals surface area (Å²) < 4.78 is 0. The second-order valence-corrected chi connectivity index (χ2v) is 8.43. The summed E-state index contributed by atoms with van der Waals surface area (Å²) in [7, 11) is 0. The zero-order valence-corrected chi connectivity index (χ0v) is 17.9. The molecule has 3 N–H and O–H groups in total. The van der Waals surface area contributed by atoms with E-state index >= 15 is 0 Å². The molecule has 0 spiro atoms. The first-order valence-electron chi connectivity index (χ1n) is 10.2. The van der Waals surface area contributed by atoms with Gasteiger partial charge in [-0.05, 0) is 42.7 Å². The number of carbonyl (C=O) groups is 3. The third-order valence-electron chi connectivity index (χ3n) is 5.08. The van der Waals surface area contributed by atoms with Crippen molar-refractivity contribution in [1.29, 1.82) is 0 Å². The van der Waals surface area contributed by atoms with Crippen molar-refractivity contribution in [1.82, 2.24) is 0 Å². The number of hydrogen-bond donors (Lipinski definition) is 2. The monoisotopic (exact) mass is 425 g/mol. The van der Waals surface area contributed by atoms with Crippen LogP contribution in [0.15, 0.2) is 53.4 Å². The van der Waals surface area contributed by atoms with Crippen LogP contribution in [0.1, 0.15) is 31.7 Å². The molecule has 1 atom stereocenters. The fourth-order valence-electron chi connectivity index (χ4n) is 3.44. The fraction of sp³-hybridized carbons (Fsp3) is 0.348. The number of aryl methyl sites for hydroxylation is 1. The standard InChI is InChI=1S/C23H27N3O3S/c1-2-3-6-16-9-11-18(12-10-16)26-14-17(13-22(26)28)23(29)25-19-7-4-5-8-20(19)30-15-21(24)27/h4-5,7-12,17H,2-3,6,13-15H2,1H3,(H2,24,27)(H,25,29). The molecule has 1 aliphatic heterocycles. The zero-order valence-electron chi connectivity index (χ0n) is 17.1. The number of primary amides is 1. The molecule has 2 aromatic rings. The van der Waals surface area contributed by atoms with E-state index in [0.717, 1.165) is 29.8 Å². The number of nitrogens with one attached hydrogen (secondary N) is 1. The summed E-state index contributed by atoms with van der Waals surface area (Å²) in [4.78, 5) is 38.9. The first kappa shape index (κ1) is 21.9. The lowest BCUT2D eigenvalue weighted by Gasteiger charge is -2.17. The number of para-hydroxylation sites is 1. The van der Waals surface area contributed by atoms with Gasteiger partial charge in [-0.25, -0.2) is 0 Å². The molecule has 6 nitrogen and oxygen atoms in total. The van der Waals surface area contributed by atoms with Gasteiger partial charge in [0, 0.05) is 23.5 Å². The molecule has 1 aliphatic rings. The normalized spacial score (nSPS) is 16.0. The number of hydrogen-bond acceptors (Lipinski definition) is 4. The molecule has 0 saturated carbocycles. The van der Waals surface area contributed by atoms with Crippen molar-refractivity contribution >= 4 is 40.9 Å². The molecule has 1 saturated heterocycles. The van der Waals surface area contributed by atoms with Gasteiger partial charge in [-0.1, -0.05) is 37.6 Å². The summed E-state index contributed by atoms with van der Waals surface area (Å²) in [5.74, 6) is -0.952. The van der Waals surface area contributed by atoms with Crippen LogP contribution in [0, 0.1) is 5.92 Å². The lowest BCUT2D eigenvalue weighted by atomic mass is 10.1. The van der Waals surface area contributed by atoms with E-state index in [1.807, 2.05) is 30.3 Å². The Morgan fingerprint density at radius 1 is 1.17 bits per heavy atom. The summed E-state index contributed by atoms with van der Waals surface area (Å²) in [6.45, 7) is 2.52. The van der Waals surface area contributed by atoms with Crippen LogP contribution in [0.5, 0.6) is 0 Å². The van der Waals surface area contributed by atoms with Crippen LogP contribution in [0.2, 0.25) is 0 Å². The number of anilines is 2. The van der Waals surface area contributed by atoms with Gasteiger partial charge >= 0.3 is 0 Å². The number of thioether (sulfide) groups is 1. The van der Waals surface area contributed by atoms with Crippen LogP contribution in [-0.4, -0.2) is 30.0 Å². The minimum Gasteiger partial charge on any atom is -0.369 e. The highest BCUT2D eigenvalue weighted by atomic mass is 32.2. The third-order valence-corrected chi connectivity index (χ3v) is 6.17. The lowest BCUT2D eigenvalue weighted by molar-refractivity contribution is -0.122. The Labute approximate surface area is 181 Å². The number of carbonyl (C=O) groups excluding carboxylic acids is 3. The Morgan fingerprint density at radius 3 is 2.60 bits per heavy atom. The number of benzene rings is 2. The van der Waals surface area contributed by atoms with Crippen LogP contribution in [-0.2, 0) is 20.8 Å². The fourth-order valence-corrected chi connectivity index (χ4v) is 4.18. The zero-order chi connectivity index (χ0) is 21.5. The predicted molar refractivity (Wildman–Crippen MR) is 121 cm³/mol. The molecule has 0 aliphatic carbocycles. The Kier molecular flexibility index (Phi) is 7.52. The van der Waals surface area contributed by atoms with Gasteiger partial charge < -0.3 is 16.0 Å². The number of nitrogens with two attached hydrogens (primary N) is 1. The summed E-state index contributed by atoms with van der Waals surface area (Å²) in [5, 5.41) is 2.91. The van der Waals surface area contributed by atoms with Gasteiger partial charge in [-0.3, -0.25) is 14.4 Å². The van der Waals surface area contributed by atoms with Gasteiger partial charge in [0.25, 0.3) is 0 Å².